The van der Waals surface area contributed by atoms with E-state index in [4.69, 9.17) is 11.7 Å². The standard InChI is InChI=1S/C7H11NO2/c1-2-7(9)8-3-5-10-6-4-8/h1H,2-6H2. The maximum Gasteiger partial charge on any atom is 0.223 e. The number of amides is 1. The van der Waals surface area contributed by atoms with E-state index in [0.717, 1.165) is 0 Å². The first kappa shape index (κ1) is 7.54. The zero-order chi connectivity index (χ0) is 7.40. The molecular weight excluding hydrogens is 130 g/mol. The highest BCUT2D eigenvalue weighted by Crippen LogP contribution is 1.98. The predicted molar refractivity (Wildman–Crippen MR) is 36.3 cm³/mol. The third-order valence-electron chi connectivity index (χ3n) is 1.54. The number of ether oxygens (including phenoxy) is 1. The number of morpholine rings is 1. The molecule has 1 heterocycles. The fraction of sp³-hybridized carbons (Fsp3) is 0.714. The van der Waals surface area contributed by atoms with Crippen LogP contribution in [0.3, 0.4) is 0 Å². The Labute approximate surface area is 61.0 Å². The summed E-state index contributed by atoms with van der Waals surface area (Å²) >= 11 is 0. The van der Waals surface area contributed by atoms with E-state index >= 15 is 0 Å². The van der Waals surface area contributed by atoms with E-state index in [9.17, 15) is 4.79 Å². The van der Waals surface area contributed by atoms with E-state index < -0.39 is 0 Å². The normalized spacial score (nSPS) is 19.1. The van der Waals surface area contributed by atoms with Crippen LogP contribution in [-0.2, 0) is 9.53 Å². The minimum atomic E-state index is 0.0169. The molecule has 0 bridgehead atoms. The van der Waals surface area contributed by atoms with Gasteiger partial charge >= 0.3 is 0 Å². The zero-order valence-electron chi connectivity index (χ0n) is 5.88. The second kappa shape index (κ2) is 3.56. The molecule has 0 aliphatic carbocycles. The lowest BCUT2D eigenvalue weighted by Gasteiger charge is -2.26. The largest absolute Gasteiger partial charge is 0.378 e. The Kier molecular flexibility index (Phi) is 2.68. The molecule has 3 nitrogen and oxygen atoms in total. The number of hydrogen-bond acceptors (Lipinski definition) is 2. The molecule has 1 rings (SSSR count). The smallest absolute Gasteiger partial charge is 0.223 e. The van der Waals surface area contributed by atoms with Crippen molar-refractivity contribution in [2.75, 3.05) is 26.3 Å². The van der Waals surface area contributed by atoms with Crippen LogP contribution >= 0.6 is 0 Å². The van der Waals surface area contributed by atoms with Gasteiger partial charge in [-0.3, -0.25) is 4.79 Å². The highest BCUT2D eigenvalue weighted by atomic mass is 16.5. The number of carbonyl (C=O) groups excluding carboxylic acids is 1. The number of rotatable bonds is 1. The van der Waals surface area contributed by atoms with Crippen LogP contribution in [0.25, 0.3) is 0 Å². The van der Waals surface area contributed by atoms with Gasteiger partial charge in [-0.1, -0.05) is 0 Å². The quantitative estimate of drug-likeness (QED) is 0.512. The van der Waals surface area contributed by atoms with Crippen molar-refractivity contribution >= 4 is 5.91 Å². The molecule has 0 aromatic rings. The topological polar surface area (TPSA) is 29.5 Å². The molecule has 0 unspecified atom stereocenters. The maximum absolute atomic E-state index is 10.9. The Morgan fingerprint density at radius 2 is 2.10 bits per heavy atom. The lowest BCUT2D eigenvalue weighted by molar-refractivity contribution is -0.134. The van der Waals surface area contributed by atoms with E-state index in [1.54, 1.807) is 4.90 Å². The van der Waals surface area contributed by atoms with Crippen LogP contribution in [-0.4, -0.2) is 37.1 Å². The van der Waals surface area contributed by atoms with Gasteiger partial charge in [-0.2, -0.15) is 0 Å². The summed E-state index contributed by atoms with van der Waals surface area (Å²) in [5, 5.41) is 0. The summed E-state index contributed by atoms with van der Waals surface area (Å²) in [6, 6.07) is 0. The van der Waals surface area contributed by atoms with Crippen molar-refractivity contribution in [3.63, 3.8) is 0 Å². The lowest BCUT2D eigenvalue weighted by Crippen LogP contribution is -2.40. The molecule has 2 radical (unpaired) electrons. The molecule has 1 amide bonds. The zero-order valence-corrected chi connectivity index (χ0v) is 5.88. The fourth-order valence-corrected chi connectivity index (χ4v) is 0.942. The number of carbonyl (C=O) groups is 1. The second-order valence-electron chi connectivity index (χ2n) is 2.20. The second-order valence-corrected chi connectivity index (χ2v) is 2.20. The van der Waals surface area contributed by atoms with Gasteiger partial charge in [0.05, 0.1) is 13.2 Å². The van der Waals surface area contributed by atoms with E-state index in [-0.39, 0.29) is 12.3 Å². The van der Waals surface area contributed by atoms with Gasteiger partial charge in [0.1, 0.15) is 0 Å². The summed E-state index contributed by atoms with van der Waals surface area (Å²) < 4.78 is 5.06. The molecule has 1 fully saturated rings. The summed E-state index contributed by atoms with van der Waals surface area (Å²) in [7, 11) is 0. The molecule has 0 aromatic carbocycles. The molecular formula is C7H11NO2. The molecule has 1 saturated heterocycles. The van der Waals surface area contributed by atoms with Gasteiger partial charge in [0.25, 0.3) is 0 Å². The fourth-order valence-electron chi connectivity index (χ4n) is 0.942. The van der Waals surface area contributed by atoms with Gasteiger partial charge in [0, 0.05) is 19.5 Å². The SMILES string of the molecule is [CH]CC(=O)N1CCOCC1. The average Bonchev–Trinajstić information content (AvgIpc) is 2.05. The van der Waals surface area contributed by atoms with Crippen molar-refractivity contribution in [1.29, 1.82) is 0 Å². The lowest BCUT2D eigenvalue weighted by atomic mass is 10.3. The van der Waals surface area contributed by atoms with E-state index in [0.29, 0.717) is 26.3 Å². The first-order valence-electron chi connectivity index (χ1n) is 3.40. The predicted octanol–water partition coefficient (Wildman–Crippen LogP) is -0.0536. The summed E-state index contributed by atoms with van der Waals surface area (Å²) in [6.45, 7) is 7.84. The van der Waals surface area contributed by atoms with Gasteiger partial charge in [-0.25, -0.2) is 0 Å². The van der Waals surface area contributed by atoms with Crippen LogP contribution < -0.4 is 0 Å². The van der Waals surface area contributed by atoms with Crippen LogP contribution in [0.15, 0.2) is 0 Å². The molecule has 3 heteroatoms. The van der Waals surface area contributed by atoms with Crippen LogP contribution in [0.1, 0.15) is 6.42 Å². The van der Waals surface area contributed by atoms with Gasteiger partial charge in [-0.05, 0) is 6.92 Å². The Hall–Kier alpha value is -0.570. The third kappa shape index (κ3) is 1.70. The molecule has 1 aliphatic rings. The molecule has 0 aromatic heterocycles. The van der Waals surface area contributed by atoms with Crippen molar-refractivity contribution in [3.05, 3.63) is 6.92 Å². The molecule has 0 atom stereocenters. The Morgan fingerprint density at radius 3 is 2.60 bits per heavy atom. The number of hydrogen-bond donors (Lipinski definition) is 0. The van der Waals surface area contributed by atoms with Gasteiger partial charge < -0.3 is 9.64 Å². The maximum atomic E-state index is 10.9. The number of nitrogens with zero attached hydrogens (tertiary/aromatic N) is 1. The molecule has 10 heavy (non-hydrogen) atoms. The highest BCUT2D eigenvalue weighted by Gasteiger charge is 2.13. The van der Waals surface area contributed by atoms with Crippen molar-refractivity contribution in [2.45, 2.75) is 6.42 Å². The van der Waals surface area contributed by atoms with Crippen molar-refractivity contribution < 1.29 is 9.53 Å². The monoisotopic (exact) mass is 141 g/mol. The van der Waals surface area contributed by atoms with Crippen LogP contribution in [0.2, 0.25) is 0 Å². The van der Waals surface area contributed by atoms with E-state index in [1.807, 2.05) is 0 Å². The summed E-state index contributed by atoms with van der Waals surface area (Å²) in [6.07, 6.45) is 0.111. The van der Waals surface area contributed by atoms with Gasteiger partial charge in [-0.15, -0.1) is 0 Å². The first-order chi connectivity index (χ1) is 4.84. The summed E-state index contributed by atoms with van der Waals surface area (Å²) in [5.41, 5.74) is 0. The van der Waals surface area contributed by atoms with Gasteiger partial charge in [0.15, 0.2) is 0 Å². The minimum absolute atomic E-state index is 0.0169. The summed E-state index contributed by atoms with van der Waals surface area (Å²) in [5.74, 6) is 0.0169. The minimum Gasteiger partial charge on any atom is -0.378 e. The van der Waals surface area contributed by atoms with Crippen molar-refractivity contribution in [2.24, 2.45) is 0 Å². The van der Waals surface area contributed by atoms with Crippen molar-refractivity contribution in [3.8, 4) is 0 Å². The molecule has 0 N–H and O–H groups in total. The Bertz CT molecular complexity index is 119. The van der Waals surface area contributed by atoms with Gasteiger partial charge in [0.2, 0.25) is 5.91 Å². The molecule has 56 valence electrons. The molecule has 0 saturated carbocycles. The Morgan fingerprint density at radius 1 is 1.50 bits per heavy atom. The van der Waals surface area contributed by atoms with Crippen LogP contribution in [0.4, 0.5) is 0 Å². The summed E-state index contributed by atoms with van der Waals surface area (Å²) in [4.78, 5) is 12.6. The highest BCUT2D eigenvalue weighted by molar-refractivity contribution is 5.76. The molecule has 0 spiro atoms. The van der Waals surface area contributed by atoms with E-state index in [2.05, 4.69) is 0 Å². The first-order valence-corrected chi connectivity index (χ1v) is 3.40. The Balaban J connectivity index is 2.31. The van der Waals surface area contributed by atoms with E-state index in [1.165, 1.54) is 0 Å². The van der Waals surface area contributed by atoms with Crippen LogP contribution in [0, 0.1) is 6.92 Å². The average molecular weight is 141 g/mol. The third-order valence-corrected chi connectivity index (χ3v) is 1.54. The molecule has 1 aliphatic heterocycles. The van der Waals surface area contributed by atoms with Crippen molar-refractivity contribution in [1.82, 2.24) is 4.90 Å². The van der Waals surface area contributed by atoms with Crippen LogP contribution in [0.5, 0.6) is 0 Å².